The van der Waals surface area contributed by atoms with Gasteiger partial charge in [0.15, 0.2) is 0 Å². The summed E-state index contributed by atoms with van der Waals surface area (Å²) in [7, 11) is 0. The summed E-state index contributed by atoms with van der Waals surface area (Å²) >= 11 is 0. The third-order valence-electron chi connectivity index (χ3n) is 3.35. The maximum atomic E-state index is 13.4. The van der Waals surface area contributed by atoms with Crippen LogP contribution in [0.15, 0.2) is 52.9 Å². The van der Waals surface area contributed by atoms with E-state index >= 15 is 0 Å². The van der Waals surface area contributed by atoms with Crippen LogP contribution in [0.5, 0.6) is 0 Å². The SMILES string of the molecule is NC(=O)c1oc2ccc(F)cc2c1NC(=O)Cc1ccccc1. The van der Waals surface area contributed by atoms with Crippen LogP contribution < -0.4 is 11.1 Å². The van der Waals surface area contributed by atoms with E-state index in [0.717, 1.165) is 5.56 Å². The van der Waals surface area contributed by atoms with Gasteiger partial charge in [-0.05, 0) is 23.8 Å². The van der Waals surface area contributed by atoms with E-state index in [4.69, 9.17) is 10.2 Å². The third-order valence-corrected chi connectivity index (χ3v) is 3.35. The van der Waals surface area contributed by atoms with Crippen molar-refractivity contribution in [3.63, 3.8) is 0 Å². The zero-order valence-electron chi connectivity index (χ0n) is 12.0. The molecule has 0 fully saturated rings. The molecule has 0 saturated carbocycles. The van der Waals surface area contributed by atoms with Crippen molar-refractivity contribution in [3.05, 3.63) is 65.7 Å². The molecule has 0 unspecified atom stereocenters. The zero-order chi connectivity index (χ0) is 16.4. The molecule has 23 heavy (non-hydrogen) atoms. The predicted molar refractivity (Wildman–Crippen MR) is 83.5 cm³/mol. The largest absolute Gasteiger partial charge is 0.449 e. The minimum atomic E-state index is -0.836. The minimum Gasteiger partial charge on any atom is -0.449 e. The predicted octanol–water partition coefficient (Wildman–Crippen LogP) is 2.85. The summed E-state index contributed by atoms with van der Waals surface area (Å²) in [6.07, 6.45) is 0.112. The molecule has 1 heterocycles. The number of carbonyl (C=O) groups excluding carboxylic acids is 2. The van der Waals surface area contributed by atoms with Crippen LogP contribution in [0, 0.1) is 5.82 Å². The van der Waals surface area contributed by atoms with E-state index in [2.05, 4.69) is 5.32 Å². The molecule has 116 valence electrons. The zero-order valence-corrected chi connectivity index (χ0v) is 12.0. The lowest BCUT2D eigenvalue weighted by Crippen LogP contribution is -2.18. The molecule has 0 radical (unpaired) electrons. The monoisotopic (exact) mass is 312 g/mol. The second kappa shape index (κ2) is 5.92. The van der Waals surface area contributed by atoms with Gasteiger partial charge in [-0.1, -0.05) is 30.3 Å². The molecule has 2 amide bonds. The Kier molecular flexibility index (Phi) is 3.80. The first-order chi connectivity index (χ1) is 11.0. The van der Waals surface area contributed by atoms with Crippen molar-refractivity contribution in [1.29, 1.82) is 0 Å². The molecular weight excluding hydrogens is 299 g/mol. The van der Waals surface area contributed by atoms with Gasteiger partial charge in [-0.15, -0.1) is 0 Å². The molecule has 3 aromatic rings. The first-order valence-corrected chi connectivity index (χ1v) is 6.90. The molecule has 0 aliphatic heterocycles. The van der Waals surface area contributed by atoms with E-state index in [1.54, 1.807) is 0 Å². The summed E-state index contributed by atoms with van der Waals surface area (Å²) in [5.74, 6) is -1.90. The van der Waals surface area contributed by atoms with Crippen LogP contribution in [-0.4, -0.2) is 11.8 Å². The van der Waals surface area contributed by atoms with Crippen LogP contribution in [0.2, 0.25) is 0 Å². The fraction of sp³-hybridized carbons (Fsp3) is 0.0588. The van der Waals surface area contributed by atoms with Crippen molar-refractivity contribution >= 4 is 28.5 Å². The van der Waals surface area contributed by atoms with Crippen LogP contribution in [0.4, 0.5) is 10.1 Å². The number of hydrogen-bond donors (Lipinski definition) is 2. The first-order valence-electron chi connectivity index (χ1n) is 6.90. The fourth-order valence-corrected chi connectivity index (χ4v) is 2.33. The molecule has 1 aromatic heterocycles. The van der Waals surface area contributed by atoms with E-state index < -0.39 is 11.7 Å². The number of halogens is 1. The van der Waals surface area contributed by atoms with E-state index in [-0.39, 0.29) is 29.4 Å². The van der Waals surface area contributed by atoms with Gasteiger partial charge in [0.05, 0.1) is 6.42 Å². The summed E-state index contributed by atoms with van der Waals surface area (Å²) in [5, 5.41) is 2.88. The second-order valence-electron chi connectivity index (χ2n) is 5.02. The molecule has 0 aliphatic rings. The number of anilines is 1. The Bertz CT molecular complexity index is 887. The van der Waals surface area contributed by atoms with Crippen LogP contribution in [0.3, 0.4) is 0 Å². The Morgan fingerprint density at radius 2 is 1.87 bits per heavy atom. The lowest BCUT2D eigenvalue weighted by molar-refractivity contribution is -0.115. The Labute approximate surface area is 130 Å². The van der Waals surface area contributed by atoms with Gasteiger partial charge in [0.2, 0.25) is 11.7 Å². The molecule has 0 saturated heterocycles. The van der Waals surface area contributed by atoms with E-state index in [1.165, 1.54) is 18.2 Å². The van der Waals surface area contributed by atoms with Crippen LogP contribution in [0.1, 0.15) is 16.1 Å². The summed E-state index contributed by atoms with van der Waals surface area (Å²) in [4.78, 5) is 23.7. The topological polar surface area (TPSA) is 85.3 Å². The van der Waals surface area contributed by atoms with Gasteiger partial charge in [0, 0.05) is 5.39 Å². The van der Waals surface area contributed by atoms with E-state index in [0.29, 0.717) is 5.39 Å². The summed E-state index contributed by atoms with van der Waals surface area (Å²) in [5.41, 5.74) is 6.44. The smallest absolute Gasteiger partial charge is 0.286 e. The Morgan fingerprint density at radius 1 is 1.13 bits per heavy atom. The number of fused-ring (bicyclic) bond motifs is 1. The maximum Gasteiger partial charge on any atom is 0.286 e. The number of primary amides is 1. The molecule has 0 bridgehead atoms. The standard InChI is InChI=1S/C17H13FN2O3/c18-11-6-7-13-12(9-11)15(16(23-13)17(19)22)20-14(21)8-10-4-2-1-3-5-10/h1-7,9H,8H2,(H2,19,22)(H,20,21). The quantitative estimate of drug-likeness (QED) is 0.776. The van der Waals surface area contributed by atoms with Crippen molar-refractivity contribution in [2.75, 3.05) is 5.32 Å². The highest BCUT2D eigenvalue weighted by Crippen LogP contribution is 2.31. The number of carbonyl (C=O) groups is 2. The van der Waals surface area contributed by atoms with Crippen molar-refractivity contribution in [3.8, 4) is 0 Å². The molecule has 0 aliphatic carbocycles. The lowest BCUT2D eigenvalue weighted by Gasteiger charge is -2.05. The van der Waals surface area contributed by atoms with Crippen LogP contribution >= 0.6 is 0 Å². The van der Waals surface area contributed by atoms with Crippen molar-refractivity contribution < 1.29 is 18.4 Å². The highest BCUT2D eigenvalue weighted by molar-refractivity contribution is 6.10. The van der Waals surface area contributed by atoms with Gasteiger partial charge in [0.1, 0.15) is 17.1 Å². The van der Waals surface area contributed by atoms with E-state index in [9.17, 15) is 14.0 Å². The number of rotatable bonds is 4. The normalized spacial score (nSPS) is 10.7. The Hall–Kier alpha value is -3.15. The molecular formula is C17H13FN2O3. The first kappa shape index (κ1) is 14.8. The van der Waals surface area contributed by atoms with Crippen molar-refractivity contribution in [1.82, 2.24) is 0 Å². The summed E-state index contributed by atoms with van der Waals surface area (Å²) < 4.78 is 18.8. The number of hydrogen-bond acceptors (Lipinski definition) is 3. The molecule has 3 N–H and O–H groups in total. The molecule has 6 heteroatoms. The molecule has 2 aromatic carbocycles. The van der Waals surface area contributed by atoms with Crippen LogP contribution in [0.25, 0.3) is 11.0 Å². The Morgan fingerprint density at radius 3 is 2.57 bits per heavy atom. The van der Waals surface area contributed by atoms with Gasteiger partial charge in [0.25, 0.3) is 5.91 Å². The van der Waals surface area contributed by atoms with Gasteiger partial charge >= 0.3 is 0 Å². The number of amides is 2. The number of furan rings is 1. The van der Waals surface area contributed by atoms with Gasteiger partial charge in [-0.2, -0.15) is 0 Å². The van der Waals surface area contributed by atoms with Gasteiger partial charge in [-0.3, -0.25) is 9.59 Å². The number of benzene rings is 2. The highest BCUT2D eigenvalue weighted by Gasteiger charge is 2.20. The highest BCUT2D eigenvalue weighted by atomic mass is 19.1. The average molecular weight is 312 g/mol. The fourth-order valence-electron chi connectivity index (χ4n) is 2.33. The van der Waals surface area contributed by atoms with Crippen molar-refractivity contribution in [2.24, 2.45) is 5.73 Å². The second-order valence-corrected chi connectivity index (χ2v) is 5.02. The summed E-state index contributed by atoms with van der Waals surface area (Å²) in [6, 6.07) is 12.9. The van der Waals surface area contributed by atoms with Crippen LogP contribution in [-0.2, 0) is 11.2 Å². The number of nitrogens with one attached hydrogen (secondary N) is 1. The maximum absolute atomic E-state index is 13.4. The van der Waals surface area contributed by atoms with Crippen molar-refractivity contribution in [2.45, 2.75) is 6.42 Å². The minimum absolute atomic E-state index is 0.0907. The summed E-state index contributed by atoms with van der Waals surface area (Å²) in [6.45, 7) is 0. The molecule has 0 atom stereocenters. The molecule has 3 rings (SSSR count). The van der Waals surface area contributed by atoms with Gasteiger partial charge < -0.3 is 15.5 Å². The Balaban J connectivity index is 1.94. The molecule has 0 spiro atoms. The molecule has 5 nitrogen and oxygen atoms in total. The van der Waals surface area contributed by atoms with Gasteiger partial charge in [-0.25, -0.2) is 4.39 Å². The average Bonchev–Trinajstić information content (AvgIpc) is 2.86. The number of nitrogens with two attached hydrogens (primary N) is 1. The third kappa shape index (κ3) is 3.06. The van der Waals surface area contributed by atoms with E-state index in [1.807, 2.05) is 30.3 Å². The lowest BCUT2D eigenvalue weighted by atomic mass is 10.1.